The zero-order valence-electron chi connectivity index (χ0n) is 11.0. The van der Waals surface area contributed by atoms with Gasteiger partial charge < -0.3 is 5.11 Å². The van der Waals surface area contributed by atoms with Gasteiger partial charge in [-0.2, -0.15) is 4.31 Å². The molecular weight excluding hydrogens is 309 g/mol. The maximum atomic E-state index is 12.5. The molecule has 1 aromatic carbocycles. The zero-order chi connectivity index (χ0) is 14.8. The molecule has 108 valence electrons. The van der Waals surface area contributed by atoms with E-state index in [-0.39, 0.29) is 27.6 Å². The van der Waals surface area contributed by atoms with Crippen LogP contribution in [-0.4, -0.2) is 30.4 Å². The number of aliphatic hydroxyl groups is 1. The number of nitrogens with zero attached hydrogens (tertiary/aromatic N) is 1. The first-order valence-corrected chi connectivity index (χ1v) is 8.05. The van der Waals surface area contributed by atoms with Gasteiger partial charge in [0.2, 0.25) is 10.0 Å². The predicted octanol–water partition coefficient (Wildman–Crippen LogP) is 2.90. The van der Waals surface area contributed by atoms with E-state index in [2.05, 4.69) is 0 Å². The van der Waals surface area contributed by atoms with Gasteiger partial charge in [-0.1, -0.05) is 30.1 Å². The van der Waals surface area contributed by atoms with Crippen LogP contribution in [0.1, 0.15) is 26.3 Å². The smallest absolute Gasteiger partial charge is 0.244 e. The summed E-state index contributed by atoms with van der Waals surface area (Å²) in [6, 6.07) is 2.57. The van der Waals surface area contributed by atoms with Crippen LogP contribution in [0.2, 0.25) is 10.0 Å². The van der Waals surface area contributed by atoms with E-state index < -0.39 is 10.0 Å². The van der Waals surface area contributed by atoms with Crippen molar-refractivity contribution in [2.24, 2.45) is 0 Å². The lowest BCUT2D eigenvalue weighted by molar-refractivity contribution is 0.281. The van der Waals surface area contributed by atoms with Gasteiger partial charge >= 0.3 is 0 Å². The Hall–Kier alpha value is -0.330. The van der Waals surface area contributed by atoms with E-state index in [1.807, 2.05) is 0 Å². The van der Waals surface area contributed by atoms with E-state index in [0.29, 0.717) is 12.1 Å². The molecule has 0 fully saturated rings. The van der Waals surface area contributed by atoms with Gasteiger partial charge in [0.25, 0.3) is 0 Å². The topological polar surface area (TPSA) is 57.6 Å². The van der Waals surface area contributed by atoms with Crippen LogP contribution in [0.15, 0.2) is 17.0 Å². The van der Waals surface area contributed by atoms with Crippen molar-refractivity contribution >= 4 is 33.2 Å². The Bertz CT molecular complexity index is 558. The third-order valence-electron chi connectivity index (χ3n) is 2.72. The van der Waals surface area contributed by atoms with E-state index in [1.165, 1.54) is 16.4 Å². The predicted molar refractivity (Wildman–Crippen MR) is 77.1 cm³/mol. The summed E-state index contributed by atoms with van der Waals surface area (Å²) in [5, 5.41) is 9.43. The number of halogens is 2. The van der Waals surface area contributed by atoms with Crippen molar-refractivity contribution < 1.29 is 13.5 Å². The molecule has 0 spiro atoms. The molecule has 0 radical (unpaired) electrons. The zero-order valence-corrected chi connectivity index (χ0v) is 13.3. The molecule has 1 aromatic rings. The summed E-state index contributed by atoms with van der Waals surface area (Å²) < 4.78 is 26.4. The molecule has 0 heterocycles. The van der Waals surface area contributed by atoms with Crippen molar-refractivity contribution in [3.63, 3.8) is 0 Å². The van der Waals surface area contributed by atoms with Crippen molar-refractivity contribution in [3.05, 3.63) is 27.7 Å². The summed E-state index contributed by atoms with van der Waals surface area (Å²) in [6.45, 7) is 5.29. The van der Waals surface area contributed by atoms with Gasteiger partial charge in [0.05, 0.1) is 11.6 Å². The third-order valence-corrected chi connectivity index (χ3v) is 5.68. The van der Waals surface area contributed by atoms with Crippen LogP contribution in [0.3, 0.4) is 0 Å². The normalized spacial score (nSPS) is 12.4. The molecule has 0 atom stereocenters. The van der Waals surface area contributed by atoms with E-state index in [0.717, 1.165) is 0 Å². The molecule has 1 rings (SSSR count). The molecule has 0 aliphatic carbocycles. The third kappa shape index (κ3) is 3.41. The van der Waals surface area contributed by atoms with Crippen molar-refractivity contribution in [2.45, 2.75) is 38.3 Å². The molecule has 4 nitrogen and oxygen atoms in total. The van der Waals surface area contributed by atoms with Crippen molar-refractivity contribution in [2.75, 3.05) is 6.54 Å². The maximum Gasteiger partial charge on any atom is 0.244 e. The van der Waals surface area contributed by atoms with Gasteiger partial charge in [0, 0.05) is 17.6 Å². The van der Waals surface area contributed by atoms with Crippen molar-refractivity contribution in [1.29, 1.82) is 0 Å². The molecule has 7 heteroatoms. The standard InChI is InChI=1S/C12H17Cl2NO3S/c1-4-15(8(2)3)19(17,18)11-6-10(13)5-9(7-16)12(11)14/h5-6,8,16H,4,7H2,1-3H3. The maximum absolute atomic E-state index is 12.5. The Morgan fingerprint density at radius 3 is 2.32 bits per heavy atom. The van der Waals surface area contributed by atoms with Gasteiger partial charge in [-0.15, -0.1) is 0 Å². The summed E-state index contributed by atoms with van der Waals surface area (Å²) in [5.41, 5.74) is 0.299. The van der Waals surface area contributed by atoms with Crippen LogP contribution < -0.4 is 0 Å². The Morgan fingerprint density at radius 1 is 1.32 bits per heavy atom. The van der Waals surface area contributed by atoms with Gasteiger partial charge in [-0.05, 0) is 31.5 Å². The Balaban J connectivity index is 3.48. The first-order valence-electron chi connectivity index (χ1n) is 5.86. The molecule has 0 aromatic heterocycles. The first kappa shape index (κ1) is 16.7. The van der Waals surface area contributed by atoms with Crippen LogP contribution in [0.25, 0.3) is 0 Å². The Morgan fingerprint density at radius 2 is 1.89 bits per heavy atom. The van der Waals surface area contributed by atoms with E-state index in [4.69, 9.17) is 23.2 Å². The second-order valence-corrected chi connectivity index (χ2v) is 7.01. The quantitative estimate of drug-likeness (QED) is 0.905. The van der Waals surface area contributed by atoms with Gasteiger partial charge in [-0.3, -0.25) is 0 Å². The number of aliphatic hydroxyl groups excluding tert-OH is 1. The van der Waals surface area contributed by atoms with E-state index in [1.54, 1.807) is 20.8 Å². The highest BCUT2D eigenvalue weighted by molar-refractivity contribution is 7.89. The minimum Gasteiger partial charge on any atom is -0.392 e. The second-order valence-electron chi connectivity index (χ2n) is 4.34. The summed E-state index contributed by atoms with van der Waals surface area (Å²) in [5.74, 6) is 0. The Kier molecular flexibility index (Phi) is 5.65. The monoisotopic (exact) mass is 325 g/mol. The Labute approximate surface area is 124 Å². The van der Waals surface area contributed by atoms with Gasteiger partial charge in [0.15, 0.2) is 0 Å². The minimum atomic E-state index is -3.73. The molecule has 19 heavy (non-hydrogen) atoms. The summed E-state index contributed by atoms with van der Waals surface area (Å²) in [6.07, 6.45) is 0. The van der Waals surface area contributed by atoms with Crippen LogP contribution in [-0.2, 0) is 16.6 Å². The average molecular weight is 326 g/mol. The summed E-state index contributed by atoms with van der Waals surface area (Å²) >= 11 is 11.9. The molecule has 0 amide bonds. The van der Waals surface area contributed by atoms with E-state index >= 15 is 0 Å². The molecule has 0 aliphatic rings. The van der Waals surface area contributed by atoms with Crippen molar-refractivity contribution in [3.8, 4) is 0 Å². The highest BCUT2D eigenvalue weighted by atomic mass is 35.5. The summed E-state index contributed by atoms with van der Waals surface area (Å²) in [4.78, 5) is -0.0683. The molecule has 0 saturated heterocycles. The fourth-order valence-corrected chi connectivity index (χ4v) is 4.41. The lowest BCUT2D eigenvalue weighted by atomic mass is 10.2. The minimum absolute atomic E-state index is 0.0194. The van der Waals surface area contributed by atoms with Crippen molar-refractivity contribution in [1.82, 2.24) is 4.31 Å². The van der Waals surface area contributed by atoms with Crippen LogP contribution in [0, 0.1) is 0 Å². The highest BCUT2D eigenvalue weighted by Gasteiger charge is 2.29. The largest absolute Gasteiger partial charge is 0.392 e. The van der Waals surface area contributed by atoms with Gasteiger partial charge in [-0.25, -0.2) is 8.42 Å². The number of benzene rings is 1. The molecule has 1 N–H and O–H groups in total. The number of rotatable bonds is 5. The van der Waals surface area contributed by atoms with Crippen LogP contribution in [0.4, 0.5) is 0 Å². The second kappa shape index (κ2) is 6.41. The van der Waals surface area contributed by atoms with Gasteiger partial charge in [0.1, 0.15) is 4.90 Å². The van der Waals surface area contributed by atoms with Crippen LogP contribution in [0.5, 0.6) is 0 Å². The lowest BCUT2D eigenvalue weighted by Crippen LogP contribution is -2.36. The molecule has 0 bridgehead atoms. The van der Waals surface area contributed by atoms with Crippen LogP contribution >= 0.6 is 23.2 Å². The molecular formula is C12H17Cl2NO3S. The molecule has 0 unspecified atom stereocenters. The number of hydrogen-bond acceptors (Lipinski definition) is 3. The number of hydrogen-bond donors (Lipinski definition) is 1. The fraction of sp³-hybridized carbons (Fsp3) is 0.500. The SMILES string of the molecule is CCN(C(C)C)S(=O)(=O)c1cc(Cl)cc(CO)c1Cl. The summed E-state index contributed by atoms with van der Waals surface area (Å²) in [7, 11) is -3.73. The molecule has 0 aliphatic heterocycles. The lowest BCUT2D eigenvalue weighted by Gasteiger charge is -2.25. The first-order chi connectivity index (χ1) is 8.75. The number of sulfonamides is 1. The molecule has 0 saturated carbocycles. The highest BCUT2D eigenvalue weighted by Crippen LogP contribution is 2.32. The fourth-order valence-electron chi connectivity index (χ4n) is 1.86. The average Bonchev–Trinajstić information content (AvgIpc) is 2.31. The van der Waals surface area contributed by atoms with E-state index in [9.17, 15) is 13.5 Å².